The van der Waals surface area contributed by atoms with Gasteiger partial charge in [-0.1, -0.05) is 0 Å². The van der Waals surface area contributed by atoms with Crippen LogP contribution in [-0.2, 0) is 4.74 Å². The van der Waals surface area contributed by atoms with E-state index in [0.29, 0.717) is 6.54 Å². The summed E-state index contributed by atoms with van der Waals surface area (Å²) in [4.78, 5) is 12.9. The maximum Gasteiger partial charge on any atom is 0.409 e. The predicted molar refractivity (Wildman–Crippen MR) is 53.1 cm³/mol. The van der Waals surface area contributed by atoms with Gasteiger partial charge in [-0.05, 0) is 19.3 Å². The third-order valence-corrected chi connectivity index (χ3v) is 2.31. The summed E-state index contributed by atoms with van der Waals surface area (Å²) in [5.74, 6) is 0. The fourth-order valence-corrected chi connectivity index (χ4v) is 1.60. The minimum atomic E-state index is -0.245. The van der Waals surface area contributed by atoms with Gasteiger partial charge in [0.15, 0.2) is 0 Å². The molecule has 1 saturated heterocycles. The Labute approximate surface area is 84.8 Å². The Bertz CT molecular complexity index is 166. The van der Waals surface area contributed by atoms with Gasteiger partial charge in [0.25, 0.3) is 0 Å². The van der Waals surface area contributed by atoms with E-state index in [1.807, 2.05) is 0 Å². The highest BCUT2D eigenvalue weighted by Crippen LogP contribution is 2.16. The second-order valence-electron chi connectivity index (χ2n) is 3.05. The molecule has 0 unspecified atom stereocenters. The van der Waals surface area contributed by atoms with Crippen LogP contribution in [0.3, 0.4) is 0 Å². The molecule has 0 saturated carbocycles. The van der Waals surface area contributed by atoms with E-state index < -0.39 is 0 Å². The molecule has 0 spiro atoms. The summed E-state index contributed by atoms with van der Waals surface area (Å²) in [6.07, 6.45) is 2.98. The molecular weight excluding hydrogens is 192 g/mol. The molecule has 1 atom stereocenters. The van der Waals surface area contributed by atoms with E-state index in [4.69, 9.17) is 5.73 Å². The van der Waals surface area contributed by atoms with Crippen LogP contribution in [0.4, 0.5) is 4.79 Å². The molecule has 0 aromatic rings. The molecule has 78 valence electrons. The number of rotatable bonds is 1. The number of nitrogens with two attached hydrogens (primary N) is 1. The van der Waals surface area contributed by atoms with Crippen molar-refractivity contribution in [3.05, 3.63) is 0 Å². The van der Waals surface area contributed by atoms with Crippen molar-refractivity contribution in [3.63, 3.8) is 0 Å². The number of amides is 1. The number of nitrogens with zero attached hydrogens (tertiary/aromatic N) is 1. The van der Waals surface area contributed by atoms with Crippen LogP contribution in [0.2, 0.25) is 0 Å². The SMILES string of the molecule is COC(=O)N1CCCC[C@H]1CN.Cl. The minimum absolute atomic E-state index is 0. The Morgan fingerprint density at radius 1 is 1.62 bits per heavy atom. The zero-order chi connectivity index (χ0) is 8.97. The molecule has 1 aliphatic rings. The van der Waals surface area contributed by atoms with Crippen molar-refractivity contribution in [2.45, 2.75) is 25.3 Å². The van der Waals surface area contributed by atoms with Gasteiger partial charge in [0.1, 0.15) is 0 Å². The summed E-state index contributed by atoms with van der Waals surface area (Å²) >= 11 is 0. The lowest BCUT2D eigenvalue weighted by Gasteiger charge is -2.33. The fraction of sp³-hybridized carbons (Fsp3) is 0.875. The van der Waals surface area contributed by atoms with Crippen LogP contribution in [0.5, 0.6) is 0 Å². The quantitative estimate of drug-likeness (QED) is 0.699. The number of likely N-dealkylation sites (tertiary alicyclic amines) is 1. The molecule has 0 aliphatic carbocycles. The van der Waals surface area contributed by atoms with Gasteiger partial charge in [0.05, 0.1) is 7.11 Å². The highest BCUT2D eigenvalue weighted by molar-refractivity contribution is 5.85. The smallest absolute Gasteiger partial charge is 0.409 e. The summed E-state index contributed by atoms with van der Waals surface area (Å²) < 4.78 is 4.65. The van der Waals surface area contributed by atoms with Crippen LogP contribution in [0.15, 0.2) is 0 Å². The van der Waals surface area contributed by atoms with Gasteiger partial charge in [0.2, 0.25) is 0 Å². The summed E-state index contributed by atoms with van der Waals surface area (Å²) in [6, 6.07) is 0.186. The van der Waals surface area contributed by atoms with Crippen LogP contribution in [0, 0.1) is 0 Å². The Hall–Kier alpha value is -0.480. The molecule has 13 heavy (non-hydrogen) atoms. The first-order chi connectivity index (χ1) is 5.79. The summed E-state index contributed by atoms with van der Waals surface area (Å²) in [7, 11) is 1.41. The normalized spacial score (nSPS) is 22.0. The highest BCUT2D eigenvalue weighted by atomic mass is 35.5. The number of carbonyl (C=O) groups excluding carboxylic acids is 1. The van der Waals surface area contributed by atoms with Crippen molar-refractivity contribution >= 4 is 18.5 Å². The number of halogens is 1. The molecule has 1 amide bonds. The van der Waals surface area contributed by atoms with E-state index >= 15 is 0 Å². The molecule has 1 aliphatic heterocycles. The monoisotopic (exact) mass is 208 g/mol. The molecule has 1 fully saturated rings. The van der Waals surface area contributed by atoms with Gasteiger partial charge in [-0.15, -0.1) is 12.4 Å². The largest absolute Gasteiger partial charge is 0.453 e. The number of methoxy groups -OCH3 is 1. The van der Waals surface area contributed by atoms with Gasteiger partial charge in [-0.3, -0.25) is 0 Å². The maximum atomic E-state index is 11.2. The Morgan fingerprint density at radius 2 is 2.31 bits per heavy atom. The Balaban J connectivity index is 0.00000144. The Morgan fingerprint density at radius 3 is 2.85 bits per heavy atom. The van der Waals surface area contributed by atoms with Crippen LogP contribution in [0.25, 0.3) is 0 Å². The number of hydrogen-bond donors (Lipinski definition) is 1. The molecule has 0 aromatic carbocycles. The first-order valence-corrected chi connectivity index (χ1v) is 4.34. The molecule has 0 radical (unpaired) electrons. The first kappa shape index (κ1) is 12.5. The molecule has 1 heterocycles. The third-order valence-electron chi connectivity index (χ3n) is 2.31. The van der Waals surface area contributed by atoms with Gasteiger partial charge in [-0.25, -0.2) is 4.79 Å². The van der Waals surface area contributed by atoms with Crippen molar-refractivity contribution in [2.75, 3.05) is 20.2 Å². The average molecular weight is 209 g/mol. The summed E-state index contributed by atoms with van der Waals surface area (Å²) in [6.45, 7) is 1.32. The standard InChI is InChI=1S/C8H16N2O2.ClH/c1-12-8(11)10-5-3-2-4-7(10)6-9;/h7H,2-6,9H2,1H3;1H/t7-;/m0./s1. The lowest BCUT2D eigenvalue weighted by molar-refractivity contribution is 0.0917. The van der Waals surface area contributed by atoms with Gasteiger partial charge in [0, 0.05) is 19.1 Å². The second-order valence-corrected chi connectivity index (χ2v) is 3.05. The van der Waals surface area contributed by atoms with E-state index in [1.54, 1.807) is 4.90 Å². The maximum absolute atomic E-state index is 11.2. The van der Waals surface area contributed by atoms with Crippen molar-refractivity contribution in [1.29, 1.82) is 0 Å². The zero-order valence-corrected chi connectivity index (χ0v) is 8.68. The molecular formula is C8H17ClN2O2. The van der Waals surface area contributed by atoms with E-state index in [2.05, 4.69) is 4.74 Å². The number of ether oxygens (including phenoxy) is 1. The van der Waals surface area contributed by atoms with E-state index in [9.17, 15) is 4.79 Å². The van der Waals surface area contributed by atoms with Crippen molar-refractivity contribution in [2.24, 2.45) is 5.73 Å². The van der Waals surface area contributed by atoms with Crippen molar-refractivity contribution < 1.29 is 9.53 Å². The first-order valence-electron chi connectivity index (χ1n) is 4.34. The van der Waals surface area contributed by atoms with Crippen LogP contribution >= 0.6 is 12.4 Å². The molecule has 5 heteroatoms. The van der Waals surface area contributed by atoms with E-state index in [0.717, 1.165) is 25.8 Å². The molecule has 0 bridgehead atoms. The molecule has 4 nitrogen and oxygen atoms in total. The van der Waals surface area contributed by atoms with Gasteiger partial charge < -0.3 is 15.4 Å². The molecule has 1 rings (SSSR count). The van der Waals surface area contributed by atoms with Gasteiger partial charge in [-0.2, -0.15) is 0 Å². The lowest BCUT2D eigenvalue weighted by Crippen LogP contribution is -2.47. The Kier molecular flexibility index (Phi) is 5.82. The zero-order valence-electron chi connectivity index (χ0n) is 7.86. The highest BCUT2D eigenvalue weighted by Gasteiger charge is 2.25. The third kappa shape index (κ3) is 3.04. The fourth-order valence-electron chi connectivity index (χ4n) is 1.60. The van der Waals surface area contributed by atoms with Crippen molar-refractivity contribution in [3.8, 4) is 0 Å². The number of carbonyl (C=O) groups is 1. The second kappa shape index (κ2) is 6.05. The molecule has 0 aromatic heterocycles. The van der Waals surface area contributed by atoms with Gasteiger partial charge >= 0.3 is 6.09 Å². The van der Waals surface area contributed by atoms with Crippen molar-refractivity contribution in [1.82, 2.24) is 4.90 Å². The minimum Gasteiger partial charge on any atom is -0.453 e. The van der Waals surface area contributed by atoms with Crippen LogP contribution in [-0.4, -0.2) is 37.2 Å². The summed E-state index contributed by atoms with van der Waals surface area (Å²) in [5, 5.41) is 0. The summed E-state index contributed by atoms with van der Waals surface area (Å²) in [5.41, 5.74) is 5.54. The number of hydrogen-bond acceptors (Lipinski definition) is 3. The van der Waals surface area contributed by atoms with E-state index in [1.165, 1.54) is 7.11 Å². The lowest BCUT2D eigenvalue weighted by atomic mass is 10.0. The number of piperidine rings is 1. The van der Waals surface area contributed by atoms with E-state index in [-0.39, 0.29) is 24.5 Å². The van der Waals surface area contributed by atoms with Crippen LogP contribution < -0.4 is 5.73 Å². The average Bonchev–Trinajstić information content (AvgIpc) is 2.16. The topological polar surface area (TPSA) is 55.6 Å². The molecule has 2 N–H and O–H groups in total. The van der Waals surface area contributed by atoms with Crippen LogP contribution in [0.1, 0.15) is 19.3 Å². The predicted octanol–water partition coefficient (Wildman–Crippen LogP) is 0.988.